The minimum atomic E-state index is 0.857. The van der Waals surface area contributed by atoms with Gasteiger partial charge in [0.2, 0.25) is 0 Å². The fourth-order valence-electron chi connectivity index (χ4n) is 1.49. The van der Waals surface area contributed by atoms with Crippen molar-refractivity contribution in [3.8, 4) is 0 Å². The normalized spacial score (nSPS) is 14.4. The summed E-state index contributed by atoms with van der Waals surface area (Å²) in [5, 5.41) is 3.23. The molecule has 0 aliphatic carbocycles. The van der Waals surface area contributed by atoms with Crippen LogP contribution in [0.4, 0.5) is 5.82 Å². The van der Waals surface area contributed by atoms with E-state index in [-0.39, 0.29) is 0 Å². The minimum Gasteiger partial charge on any atom is -0.369 e. The number of aromatic nitrogens is 2. The Morgan fingerprint density at radius 1 is 1.27 bits per heavy atom. The standard InChI is InChI=1S/C8H11N3/c1-5-7-3-4-9-8(7)11-6(2)10-5/h3-4H2,1-2H3,(H,9,10,11). The van der Waals surface area contributed by atoms with Crippen LogP contribution >= 0.6 is 0 Å². The van der Waals surface area contributed by atoms with E-state index in [0.29, 0.717) is 0 Å². The number of anilines is 1. The van der Waals surface area contributed by atoms with Gasteiger partial charge < -0.3 is 5.32 Å². The quantitative estimate of drug-likeness (QED) is 0.599. The number of aryl methyl sites for hydroxylation is 2. The monoisotopic (exact) mass is 149 g/mol. The van der Waals surface area contributed by atoms with Gasteiger partial charge in [0.25, 0.3) is 0 Å². The van der Waals surface area contributed by atoms with Gasteiger partial charge in [0.05, 0.1) is 0 Å². The van der Waals surface area contributed by atoms with Crippen molar-refractivity contribution in [3.63, 3.8) is 0 Å². The lowest BCUT2D eigenvalue weighted by molar-refractivity contribution is 0.987. The zero-order valence-corrected chi connectivity index (χ0v) is 6.81. The molecule has 1 aromatic heterocycles. The van der Waals surface area contributed by atoms with Crippen LogP contribution in [0.1, 0.15) is 17.1 Å². The molecule has 0 aromatic carbocycles. The number of hydrogen-bond acceptors (Lipinski definition) is 3. The van der Waals surface area contributed by atoms with Gasteiger partial charge in [-0.1, -0.05) is 0 Å². The van der Waals surface area contributed by atoms with Gasteiger partial charge in [-0.25, -0.2) is 9.97 Å². The number of nitrogens with one attached hydrogen (secondary N) is 1. The molecule has 0 spiro atoms. The summed E-state index contributed by atoms with van der Waals surface area (Å²) in [7, 11) is 0. The number of hydrogen-bond donors (Lipinski definition) is 1. The molecule has 0 amide bonds. The van der Waals surface area contributed by atoms with Crippen LogP contribution in [-0.2, 0) is 6.42 Å². The zero-order valence-electron chi connectivity index (χ0n) is 6.81. The minimum absolute atomic E-state index is 0.857. The molecule has 0 bridgehead atoms. The largest absolute Gasteiger partial charge is 0.369 e. The summed E-state index contributed by atoms with van der Waals surface area (Å²) in [6, 6.07) is 0. The van der Waals surface area contributed by atoms with Crippen molar-refractivity contribution in [2.24, 2.45) is 0 Å². The second-order valence-corrected chi connectivity index (χ2v) is 2.86. The maximum Gasteiger partial charge on any atom is 0.133 e. The summed E-state index contributed by atoms with van der Waals surface area (Å²) in [6.45, 7) is 4.97. The molecule has 1 aliphatic heterocycles. The second-order valence-electron chi connectivity index (χ2n) is 2.86. The van der Waals surface area contributed by atoms with E-state index in [2.05, 4.69) is 15.3 Å². The van der Waals surface area contributed by atoms with Crippen LogP contribution in [0.2, 0.25) is 0 Å². The van der Waals surface area contributed by atoms with Crippen LogP contribution in [0.5, 0.6) is 0 Å². The maximum atomic E-state index is 4.29. The maximum absolute atomic E-state index is 4.29. The molecule has 0 atom stereocenters. The summed E-state index contributed by atoms with van der Waals surface area (Å²) >= 11 is 0. The summed E-state index contributed by atoms with van der Waals surface area (Å²) < 4.78 is 0. The van der Waals surface area contributed by atoms with Gasteiger partial charge in [-0.3, -0.25) is 0 Å². The highest BCUT2D eigenvalue weighted by molar-refractivity contribution is 5.50. The zero-order chi connectivity index (χ0) is 7.84. The predicted octanol–water partition coefficient (Wildman–Crippen LogP) is 1.06. The molecule has 1 aliphatic rings. The number of rotatable bonds is 0. The summed E-state index contributed by atoms with van der Waals surface area (Å²) in [6.07, 6.45) is 1.07. The van der Waals surface area contributed by atoms with Crippen molar-refractivity contribution in [2.45, 2.75) is 20.3 Å². The Labute approximate surface area is 65.9 Å². The first kappa shape index (κ1) is 6.58. The molecular formula is C8H11N3. The van der Waals surface area contributed by atoms with Gasteiger partial charge in [0.15, 0.2) is 0 Å². The van der Waals surface area contributed by atoms with E-state index < -0.39 is 0 Å². The van der Waals surface area contributed by atoms with Crippen molar-refractivity contribution in [2.75, 3.05) is 11.9 Å². The van der Waals surface area contributed by atoms with E-state index >= 15 is 0 Å². The van der Waals surface area contributed by atoms with Gasteiger partial charge in [-0.05, 0) is 20.3 Å². The Balaban J connectivity index is 2.60. The van der Waals surface area contributed by atoms with Gasteiger partial charge in [-0.2, -0.15) is 0 Å². The van der Waals surface area contributed by atoms with Crippen LogP contribution in [0.25, 0.3) is 0 Å². The molecule has 1 N–H and O–H groups in total. The van der Waals surface area contributed by atoms with Gasteiger partial charge >= 0.3 is 0 Å². The third kappa shape index (κ3) is 0.964. The van der Waals surface area contributed by atoms with Crippen LogP contribution < -0.4 is 5.32 Å². The van der Waals surface area contributed by atoms with E-state index in [9.17, 15) is 0 Å². The number of fused-ring (bicyclic) bond motifs is 1. The Bertz CT molecular complexity index is 294. The summed E-state index contributed by atoms with van der Waals surface area (Å²) in [5.41, 5.74) is 2.41. The highest BCUT2D eigenvalue weighted by Gasteiger charge is 2.14. The van der Waals surface area contributed by atoms with E-state index in [1.165, 1.54) is 5.56 Å². The smallest absolute Gasteiger partial charge is 0.133 e. The highest BCUT2D eigenvalue weighted by atomic mass is 15.1. The molecule has 0 saturated heterocycles. The molecule has 58 valence electrons. The van der Waals surface area contributed by atoms with E-state index in [4.69, 9.17) is 0 Å². The van der Waals surface area contributed by atoms with Crippen molar-refractivity contribution in [3.05, 3.63) is 17.1 Å². The van der Waals surface area contributed by atoms with Crippen molar-refractivity contribution < 1.29 is 0 Å². The van der Waals surface area contributed by atoms with Gasteiger partial charge in [0.1, 0.15) is 11.6 Å². The molecule has 3 heteroatoms. The predicted molar refractivity (Wildman–Crippen MR) is 43.7 cm³/mol. The molecule has 11 heavy (non-hydrogen) atoms. The molecule has 0 saturated carbocycles. The second kappa shape index (κ2) is 2.19. The van der Waals surface area contributed by atoms with Crippen LogP contribution in [0, 0.1) is 13.8 Å². The van der Waals surface area contributed by atoms with Crippen LogP contribution in [-0.4, -0.2) is 16.5 Å². The molecule has 2 rings (SSSR count). The third-order valence-corrected chi connectivity index (χ3v) is 1.99. The lowest BCUT2D eigenvalue weighted by atomic mass is 10.2. The van der Waals surface area contributed by atoms with E-state index in [1.807, 2.05) is 13.8 Å². The Morgan fingerprint density at radius 3 is 2.91 bits per heavy atom. The average molecular weight is 149 g/mol. The number of nitrogens with zero attached hydrogens (tertiary/aromatic N) is 2. The summed E-state index contributed by atoms with van der Waals surface area (Å²) in [5.74, 6) is 1.89. The third-order valence-electron chi connectivity index (χ3n) is 1.99. The molecule has 0 fully saturated rings. The van der Waals surface area contributed by atoms with Crippen molar-refractivity contribution in [1.82, 2.24) is 9.97 Å². The topological polar surface area (TPSA) is 37.8 Å². The lowest BCUT2D eigenvalue weighted by Gasteiger charge is -2.02. The molecule has 2 heterocycles. The molecule has 1 aromatic rings. The van der Waals surface area contributed by atoms with Crippen molar-refractivity contribution >= 4 is 5.82 Å². The van der Waals surface area contributed by atoms with Gasteiger partial charge in [0, 0.05) is 17.8 Å². The summed E-state index contributed by atoms with van der Waals surface area (Å²) in [4.78, 5) is 8.59. The van der Waals surface area contributed by atoms with E-state index in [0.717, 1.165) is 30.3 Å². The van der Waals surface area contributed by atoms with Crippen LogP contribution in [0.3, 0.4) is 0 Å². The average Bonchev–Trinajstić information content (AvgIpc) is 2.34. The van der Waals surface area contributed by atoms with Crippen LogP contribution in [0.15, 0.2) is 0 Å². The lowest BCUT2D eigenvalue weighted by Crippen LogP contribution is -1.97. The Morgan fingerprint density at radius 2 is 2.09 bits per heavy atom. The molecule has 3 nitrogen and oxygen atoms in total. The molecule has 0 radical (unpaired) electrons. The van der Waals surface area contributed by atoms with E-state index in [1.54, 1.807) is 0 Å². The first-order chi connectivity index (χ1) is 5.27. The SMILES string of the molecule is Cc1nc(C)c2c(n1)NCC2. The first-order valence-corrected chi connectivity index (χ1v) is 3.85. The molecule has 0 unspecified atom stereocenters. The molecular weight excluding hydrogens is 138 g/mol. The highest BCUT2D eigenvalue weighted by Crippen LogP contribution is 2.21. The van der Waals surface area contributed by atoms with Gasteiger partial charge in [-0.15, -0.1) is 0 Å². The van der Waals surface area contributed by atoms with Crippen molar-refractivity contribution in [1.29, 1.82) is 0 Å². The fraction of sp³-hybridized carbons (Fsp3) is 0.500. The Kier molecular flexibility index (Phi) is 1.31. The fourth-order valence-corrected chi connectivity index (χ4v) is 1.49. The first-order valence-electron chi connectivity index (χ1n) is 3.85. The Hall–Kier alpha value is -1.12.